The zero-order chi connectivity index (χ0) is 20.3. The molecule has 142 valence electrons. The van der Waals surface area contributed by atoms with Crippen LogP contribution in [0.4, 0.5) is 23.2 Å². The van der Waals surface area contributed by atoms with E-state index < -0.39 is 40.5 Å². The largest absolute Gasteiger partial charge is 0.491 e. The number of carbonyl (C=O) groups excluding carboxylic acids is 2. The number of thiocarbonyl (C=S) groups is 1. The first-order valence-corrected chi connectivity index (χ1v) is 7.71. The first-order chi connectivity index (χ1) is 12.7. The molecule has 0 aliphatic carbocycles. The summed E-state index contributed by atoms with van der Waals surface area (Å²) >= 11 is 4.83. The average molecular weight is 400 g/mol. The first-order valence-electron chi connectivity index (χ1n) is 7.30. The van der Waals surface area contributed by atoms with E-state index in [1.807, 2.05) is 5.32 Å². The lowest BCUT2D eigenvalue weighted by Gasteiger charge is -2.13. The molecule has 0 radical (unpaired) electrons. The van der Waals surface area contributed by atoms with Crippen LogP contribution < -0.4 is 15.4 Å². The van der Waals surface area contributed by atoms with Gasteiger partial charge in [0, 0.05) is 11.3 Å². The fourth-order valence-corrected chi connectivity index (χ4v) is 2.32. The minimum Gasteiger partial charge on any atom is -0.491 e. The van der Waals surface area contributed by atoms with Crippen molar-refractivity contribution >= 4 is 34.7 Å². The number of hydrogen-bond acceptors (Lipinski definition) is 4. The van der Waals surface area contributed by atoms with Crippen molar-refractivity contribution in [2.24, 2.45) is 0 Å². The van der Waals surface area contributed by atoms with Crippen molar-refractivity contribution in [1.29, 1.82) is 0 Å². The number of hydrogen-bond donors (Lipinski definition) is 2. The molecule has 0 unspecified atom stereocenters. The molecule has 0 fully saturated rings. The molecule has 2 rings (SSSR count). The summed E-state index contributed by atoms with van der Waals surface area (Å²) in [4.78, 5) is 23.2. The molecular formula is C17H12F4N2O3S. The third-order valence-electron chi connectivity index (χ3n) is 3.43. The van der Waals surface area contributed by atoms with Crippen molar-refractivity contribution < 1.29 is 31.9 Å². The molecular weight excluding hydrogens is 388 g/mol. The average Bonchev–Trinajstić information content (AvgIpc) is 2.61. The number of halogens is 4. The SMILES string of the molecule is COc1c(F)c(F)c(C(=O)NC(=S)Nc2ccc(C(C)=O)cc2)c(F)c1F. The minimum absolute atomic E-state index is 0.160. The maximum atomic E-state index is 13.9. The van der Waals surface area contributed by atoms with E-state index >= 15 is 0 Å². The lowest BCUT2D eigenvalue weighted by atomic mass is 10.1. The number of carbonyl (C=O) groups is 2. The van der Waals surface area contributed by atoms with Crippen molar-refractivity contribution in [3.8, 4) is 5.75 Å². The van der Waals surface area contributed by atoms with E-state index in [1.54, 1.807) is 0 Å². The number of amides is 1. The Bertz CT molecular complexity index is 904. The molecule has 5 nitrogen and oxygen atoms in total. The number of methoxy groups -OCH3 is 1. The molecule has 0 atom stereocenters. The predicted octanol–water partition coefficient (Wildman–Crippen LogP) is 3.58. The highest BCUT2D eigenvalue weighted by Crippen LogP contribution is 2.29. The van der Waals surface area contributed by atoms with Crippen LogP contribution in [-0.4, -0.2) is 23.9 Å². The summed E-state index contributed by atoms with van der Waals surface area (Å²) in [6.07, 6.45) is 0. The van der Waals surface area contributed by atoms with Gasteiger partial charge in [0.15, 0.2) is 28.3 Å². The van der Waals surface area contributed by atoms with Crippen molar-refractivity contribution in [2.45, 2.75) is 6.92 Å². The molecule has 0 aliphatic heterocycles. The summed E-state index contributed by atoms with van der Waals surface area (Å²) in [5.41, 5.74) is -0.691. The fourth-order valence-electron chi connectivity index (χ4n) is 2.11. The zero-order valence-electron chi connectivity index (χ0n) is 14.0. The van der Waals surface area contributed by atoms with Crippen LogP contribution in [0.3, 0.4) is 0 Å². The summed E-state index contributed by atoms with van der Waals surface area (Å²) in [5.74, 6) is -10.5. The van der Waals surface area contributed by atoms with E-state index in [-0.39, 0.29) is 10.9 Å². The molecule has 0 heterocycles. The topological polar surface area (TPSA) is 67.4 Å². The second kappa shape index (κ2) is 8.12. The summed E-state index contributed by atoms with van der Waals surface area (Å²) in [7, 11) is 0.816. The van der Waals surface area contributed by atoms with Gasteiger partial charge in [-0.15, -0.1) is 0 Å². The highest BCUT2D eigenvalue weighted by molar-refractivity contribution is 7.80. The Labute approximate surface area is 156 Å². The Morgan fingerprint density at radius 1 is 0.963 bits per heavy atom. The highest BCUT2D eigenvalue weighted by atomic mass is 32.1. The Hall–Kier alpha value is -3.01. The number of ketones is 1. The molecule has 0 saturated heterocycles. The number of anilines is 1. The monoisotopic (exact) mass is 400 g/mol. The molecule has 0 aliphatic rings. The Morgan fingerprint density at radius 2 is 1.48 bits per heavy atom. The molecule has 0 spiro atoms. The third-order valence-corrected chi connectivity index (χ3v) is 3.63. The predicted molar refractivity (Wildman–Crippen MR) is 93.0 cm³/mol. The molecule has 2 aromatic rings. The smallest absolute Gasteiger partial charge is 0.263 e. The second-order valence-corrected chi connectivity index (χ2v) is 5.61. The maximum Gasteiger partial charge on any atom is 0.263 e. The summed E-state index contributed by atoms with van der Waals surface area (Å²) < 4.78 is 59.5. The lowest BCUT2D eigenvalue weighted by molar-refractivity contribution is 0.0965. The quantitative estimate of drug-likeness (QED) is 0.355. The molecule has 27 heavy (non-hydrogen) atoms. The van der Waals surface area contributed by atoms with Crippen molar-refractivity contribution in [1.82, 2.24) is 5.32 Å². The fraction of sp³-hybridized carbons (Fsp3) is 0.118. The lowest BCUT2D eigenvalue weighted by Crippen LogP contribution is -2.35. The molecule has 0 saturated carbocycles. The minimum atomic E-state index is -1.92. The standard InChI is InChI=1S/C17H12F4N2O3S/c1-7(24)8-3-5-9(6-4-8)22-17(27)23-16(25)10-11(18)13(20)15(26-2)14(21)12(10)19/h3-6H,1-2H3,(H2,22,23,25,27). The third kappa shape index (κ3) is 4.22. The van der Waals surface area contributed by atoms with E-state index in [2.05, 4.69) is 10.1 Å². The van der Waals surface area contributed by atoms with Gasteiger partial charge in [0.25, 0.3) is 5.91 Å². The van der Waals surface area contributed by atoms with Crippen LogP contribution in [0.25, 0.3) is 0 Å². The number of rotatable bonds is 4. The van der Waals surface area contributed by atoms with Crippen molar-refractivity contribution in [3.05, 3.63) is 58.7 Å². The van der Waals surface area contributed by atoms with E-state index in [0.717, 1.165) is 7.11 Å². The van der Waals surface area contributed by atoms with Gasteiger partial charge < -0.3 is 10.1 Å². The molecule has 2 N–H and O–H groups in total. The van der Waals surface area contributed by atoms with Crippen LogP contribution in [0.1, 0.15) is 27.6 Å². The van der Waals surface area contributed by atoms with Crippen LogP contribution in [-0.2, 0) is 0 Å². The van der Waals surface area contributed by atoms with Gasteiger partial charge in [0.05, 0.1) is 7.11 Å². The van der Waals surface area contributed by atoms with Gasteiger partial charge in [-0.25, -0.2) is 8.78 Å². The van der Waals surface area contributed by atoms with Gasteiger partial charge in [0.1, 0.15) is 5.56 Å². The summed E-state index contributed by atoms with van der Waals surface area (Å²) in [6.45, 7) is 1.38. The number of nitrogens with one attached hydrogen (secondary N) is 2. The Balaban J connectivity index is 2.20. The van der Waals surface area contributed by atoms with Crippen LogP contribution in [0.2, 0.25) is 0 Å². The number of benzene rings is 2. The van der Waals surface area contributed by atoms with Gasteiger partial charge >= 0.3 is 0 Å². The van der Waals surface area contributed by atoms with Crippen LogP contribution >= 0.6 is 12.2 Å². The van der Waals surface area contributed by atoms with E-state index in [4.69, 9.17) is 12.2 Å². The number of Topliss-reactive ketones (excluding diaryl/α,β-unsaturated/α-hetero) is 1. The van der Waals surface area contributed by atoms with Gasteiger partial charge in [-0.2, -0.15) is 8.78 Å². The van der Waals surface area contributed by atoms with Crippen LogP contribution in [0, 0.1) is 23.3 Å². The first kappa shape index (κ1) is 20.3. The molecule has 10 heteroatoms. The van der Waals surface area contributed by atoms with Gasteiger partial charge in [0.2, 0.25) is 11.6 Å². The molecule has 1 amide bonds. The molecule has 0 bridgehead atoms. The molecule has 2 aromatic carbocycles. The van der Waals surface area contributed by atoms with Crippen LogP contribution in [0.15, 0.2) is 24.3 Å². The highest BCUT2D eigenvalue weighted by Gasteiger charge is 2.30. The van der Waals surface area contributed by atoms with E-state index in [1.165, 1.54) is 31.2 Å². The zero-order valence-corrected chi connectivity index (χ0v) is 14.8. The summed E-state index contributed by atoms with van der Waals surface area (Å²) in [5, 5.41) is 4.06. The summed E-state index contributed by atoms with van der Waals surface area (Å²) in [6, 6.07) is 5.93. The Morgan fingerprint density at radius 3 is 1.93 bits per heavy atom. The maximum absolute atomic E-state index is 13.9. The van der Waals surface area contributed by atoms with E-state index in [0.29, 0.717) is 11.3 Å². The van der Waals surface area contributed by atoms with Gasteiger partial charge in [-0.1, -0.05) is 0 Å². The van der Waals surface area contributed by atoms with E-state index in [9.17, 15) is 27.2 Å². The molecule has 0 aromatic heterocycles. The van der Waals surface area contributed by atoms with Crippen molar-refractivity contribution in [3.63, 3.8) is 0 Å². The normalized spacial score (nSPS) is 10.3. The second-order valence-electron chi connectivity index (χ2n) is 5.21. The Kier molecular flexibility index (Phi) is 6.11. The number of ether oxygens (including phenoxy) is 1. The van der Waals surface area contributed by atoms with Crippen molar-refractivity contribution in [2.75, 3.05) is 12.4 Å². The van der Waals surface area contributed by atoms with Gasteiger partial charge in [-0.3, -0.25) is 14.9 Å². The van der Waals surface area contributed by atoms with Crippen LogP contribution in [0.5, 0.6) is 5.75 Å². The van der Waals surface area contributed by atoms with Gasteiger partial charge in [-0.05, 0) is 43.4 Å².